The van der Waals surface area contributed by atoms with E-state index in [1.54, 1.807) is 0 Å². The maximum atomic E-state index is 9.97. The summed E-state index contributed by atoms with van der Waals surface area (Å²) in [7, 11) is 0. The van der Waals surface area contributed by atoms with Crippen molar-refractivity contribution in [1.82, 2.24) is 10.2 Å². The van der Waals surface area contributed by atoms with Gasteiger partial charge in [0.25, 0.3) is 0 Å². The Kier molecular flexibility index (Phi) is 9.20. The first-order valence-electron chi connectivity index (χ1n) is 7.79. The van der Waals surface area contributed by atoms with Gasteiger partial charge in [0.15, 0.2) is 0 Å². The van der Waals surface area contributed by atoms with Gasteiger partial charge in [-0.05, 0) is 68.3 Å². The quantitative estimate of drug-likeness (QED) is 0.632. The molecule has 3 rings (SSSR count). The van der Waals surface area contributed by atoms with Gasteiger partial charge in [0, 0.05) is 32.2 Å². The zero-order valence-electron chi connectivity index (χ0n) is 12.9. The molecule has 2 N–H and O–H groups in total. The second-order valence-corrected chi connectivity index (χ2v) is 7.82. The van der Waals surface area contributed by atoms with Crippen LogP contribution in [-0.4, -0.2) is 36.2 Å². The molecule has 2 aliphatic rings. The van der Waals surface area contributed by atoms with Crippen molar-refractivity contribution in [3.05, 3.63) is 26.6 Å². The molecule has 1 aromatic rings. The van der Waals surface area contributed by atoms with Gasteiger partial charge in [-0.15, -0.1) is 24.8 Å². The Morgan fingerprint density at radius 2 is 1.57 bits per heavy atom. The average molecular weight is 491 g/mol. The lowest BCUT2D eigenvalue weighted by Gasteiger charge is -2.39. The van der Waals surface area contributed by atoms with E-state index in [0.29, 0.717) is 11.8 Å². The Labute approximate surface area is 167 Å². The maximum Gasteiger partial charge on any atom is 0.143 e. The lowest BCUT2D eigenvalue weighted by molar-refractivity contribution is 0.125. The van der Waals surface area contributed by atoms with Gasteiger partial charge in [0.05, 0.1) is 8.95 Å². The Balaban J connectivity index is 0.00000132. The zero-order valence-corrected chi connectivity index (χ0v) is 17.7. The summed E-state index contributed by atoms with van der Waals surface area (Å²) < 4.78 is 1.56. The normalized spacial score (nSPS) is 20.6. The minimum Gasteiger partial charge on any atom is -0.506 e. The van der Waals surface area contributed by atoms with E-state index in [4.69, 9.17) is 0 Å². The number of aromatic hydroxyl groups is 1. The lowest BCUT2D eigenvalue weighted by Crippen LogP contribution is -2.46. The number of rotatable bonds is 3. The summed E-state index contributed by atoms with van der Waals surface area (Å²) in [5.74, 6) is 1.04. The van der Waals surface area contributed by atoms with Crippen molar-refractivity contribution in [2.45, 2.75) is 31.7 Å². The Morgan fingerprint density at radius 3 is 2.09 bits per heavy atom. The van der Waals surface area contributed by atoms with Crippen LogP contribution in [0.3, 0.4) is 0 Å². The number of hydrogen-bond donors (Lipinski definition) is 2. The molecule has 132 valence electrons. The van der Waals surface area contributed by atoms with Crippen LogP contribution in [0.25, 0.3) is 0 Å². The number of halogens is 4. The highest BCUT2D eigenvalue weighted by molar-refractivity contribution is 9.11. The summed E-state index contributed by atoms with van der Waals surface area (Å²) in [5.41, 5.74) is 1.32. The first-order chi connectivity index (χ1) is 10.2. The predicted molar refractivity (Wildman–Crippen MR) is 107 cm³/mol. The highest BCUT2D eigenvalue weighted by atomic mass is 79.9. The van der Waals surface area contributed by atoms with Crippen LogP contribution in [0.5, 0.6) is 5.75 Å². The SMILES string of the molecule is Cl.Cl.Oc1c(Br)cc([C@@H](C2CCCC2)N2CCNCC2)cc1Br. The first-order valence-corrected chi connectivity index (χ1v) is 9.38. The number of piperazine rings is 1. The van der Waals surface area contributed by atoms with Crippen molar-refractivity contribution >= 4 is 56.7 Å². The molecular weight excluding hydrogens is 467 g/mol. The van der Waals surface area contributed by atoms with Gasteiger partial charge in [-0.1, -0.05) is 12.8 Å². The summed E-state index contributed by atoms with van der Waals surface area (Å²) >= 11 is 6.97. The number of nitrogens with one attached hydrogen (secondary N) is 1. The van der Waals surface area contributed by atoms with Crippen molar-refractivity contribution in [3.8, 4) is 5.75 Å². The molecule has 1 heterocycles. The van der Waals surface area contributed by atoms with E-state index in [1.165, 1.54) is 31.2 Å². The third kappa shape index (κ3) is 4.99. The fraction of sp³-hybridized carbons (Fsp3) is 0.625. The molecule has 0 spiro atoms. The smallest absolute Gasteiger partial charge is 0.143 e. The molecule has 0 bridgehead atoms. The van der Waals surface area contributed by atoms with E-state index in [-0.39, 0.29) is 24.8 Å². The molecule has 1 aliphatic heterocycles. The van der Waals surface area contributed by atoms with E-state index in [2.05, 4.69) is 54.2 Å². The molecule has 0 radical (unpaired) electrons. The van der Waals surface area contributed by atoms with Crippen LogP contribution in [-0.2, 0) is 0 Å². The molecule has 1 saturated carbocycles. The Hall–Kier alpha value is 0.480. The summed E-state index contributed by atoms with van der Waals surface area (Å²) in [5, 5.41) is 13.4. The number of hydrogen-bond acceptors (Lipinski definition) is 3. The van der Waals surface area contributed by atoms with Crippen molar-refractivity contribution in [1.29, 1.82) is 0 Å². The third-order valence-corrected chi connectivity index (χ3v) is 5.98. The topological polar surface area (TPSA) is 35.5 Å². The fourth-order valence-corrected chi connectivity index (χ4v) is 4.99. The Bertz CT molecular complexity index is 484. The van der Waals surface area contributed by atoms with Gasteiger partial charge in [-0.25, -0.2) is 0 Å². The monoisotopic (exact) mass is 488 g/mol. The van der Waals surface area contributed by atoms with E-state index in [9.17, 15) is 5.11 Å². The number of nitrogens with zero attached hydrogens (tertiary/aromatic N) is 1. The standard InChI is InChI=1S/C16H22Br2N2O.2ClH/c17-13-9-12(10-14(18)16(13)21)15(11-3-1-2-4-11)20-7-5-19-6-8-20;;/h9-11,15,19,21H,1-8H2;2*1H/t15-;;/m1../s1. The van der Waals surface area contributed by atoms with E-state index < -0.39 is 0 Å². The molecule has 1 aromatic carbocycles. The van der Waals surface area contributed by atoms with Gasteiger partial charge >= 0.3 is 0 Å². The van der Waals surface area contributed by atoms with Crippen LogP contribution in [0.15, 0.2) is 21.1 Å². The third-order valence-electron chi connectivity index (χ3n) is 4.77. The van der Waals surface area contributed by atoms with E-state index >= 15 is 0 Å². The van der Waals surface area contributed by atoms with Crippen LogP contribution in [0, 0.1) is 5.92 Å². The molecular formula is C16H24Br2Cl2N2O. The van der Waals surface area contributed by atoms with E-state index in [0.717, 1.165) is 41.0 Å². The molecule has 0 amide bonds. The lowest BCUT2D eigenvalue weighted by atomic mass is 9.89. The first kappa shape index (κ1) is 21.5. The van der Waals surface area contributed by atoms with Gasteiger partial charge < -0.3 is 10.4 Å². The molecule has 2 fully saturated rings. The number of phenols is 1. The minimum absolute atomic E-state index is 0. The molecule has 7 heteroatoms. The van der Waals surface area contributed by atoms with Gasteiger partial charge in [-0.2, -0.15) is 0 Å². The summed E-state index contributed by atoms with van der Waals surface area (Å²) in [4.78, 5) is 2.62. The maximum absolute atomic E-state index is 9.97. The van der Waals surface area contributed by atoms with Gasteiger partial charge in [0.2, 0.25) is 0 Å². The van der Waals surface area contributed by atoms with Crippen LogP contribution in [0.4, 0.5) is 0 Å². The van der Waals surface area contributed by atoms with E-state index in [1.807, 2.05) is 0 Å². The van der Waals surface area contributed by atoms with Crippen LogP contribution in [0.1, 0.15) is 37.3 Å². The van der Waals surface area contributed by atoms with Crippen molar-refractivity contribution < 1.29 is 5.11 Å². The predicted octanol–water partition coefficient (Wildman–Crippen LogP) is 4.90. The van der Waals surface area contributed by atoms with Gasteiger partial charge in [-0.3, -0.25) is 4.90 Å². The number of benzene rings is 1. The molecule has 1 saturated heterocycles. The number of phenolic OH excluding ortho intramolecular Hbond substituents is 1. The van der Waals surface area contributed by atoms with Gasteiger partial charge in [0.1, 0.15) is 5.75 Å². The molecule has 1 aliphatic carbocycles. The largest absolute Gasteiger partial charge is 0.506 e. The van der Waals surface area contributed by atoms with Crippen molar-refractivity contribution in [3.63, 3.8) is 0 Å². The molecule has 23 heavy (non-hydrogen) atoms. The fourth-order valence-electron chi connectivity index (χ4n) is 3.77. The summed E-state index contributed by atoms with van der Waals surface area (Å²) in [6.45, 7) is 4.36. The Morgan fingerprint density at radius 1 is 1.04 bits per heavy atom. The molecule has 1 atom stereocenters. The van der Waals surface area contributed by atoms with Crippen LogP contribution >= 0.6 is 56.7 Å². The molecule has 3 nitrogen and oxygen atoms in total. The van der Waals surface area contributed by atoms with Crippen molar-refractivity contribution in [2.24, 2.45) is 5.92 Å². The second kappa shape index (κ2) is 9.83. The summed E-state index contributed by atoms with van der Waals surface area (Å²) in [6.07, 6.45) is 5.36. The highest BCUT2D eigenvalue weighted by Gasteiger charge is 2.32. The average Bonchev–Trinajstić information content (AvgIpc) is 3.00. The van der Waals surface area contributed by atoms with Crippen molar-refractivity contribution in [2.75, 3.05) is 26.2 Å². The molecule has 0 aromatic heterocycles. The minimum atomic E-state index is 0. The zero-order chi connectivity index (χ0) is 14.8. The second-order valence-electron chi connectivity index (χ2n) is 6.11. The molecule has 0 unspecified atom stereocenters. The van der Waals surface area contributed by atoms with Crippen LogP contribution < -0.4 is 5.32 Å². The highest BCUT2D eigenvalue weighted by Crippen LogP contribution is 2.43. The van der Waals surface area contributed by atoms with Crippen LogP contribution in [0.2, 0.25) is 0 Å². The summed E-state index contributed by atoms with van der Waals surface area (Å²) in [6, 6.07) is 4.68.